The monoisotopic (exact) mass is 268 g/mol. The lowest BCUT2D eigenvalue weighted by Crippen LogP contribution is -2.41. The van der Waals surface area contributed by atoms with E-state index in [-0.39, 0.29) is 17.7 Å². The fourth-order valence-corrected chi connectivity index (χ4v) is 2.65. The van der Waals surface area contributed by atoms with Crippen molar-refractivity contribution in [2.75, 3.05) is 12.4 Å². The first-order chi connectivity index (χ1) is 8.74. The van der Waals surface area contributed by atoms with E-state index in [1.807, 2.05) is 0 Å². The molecule has 1 unspecified atom stereocenters. The van der Waals surface area contributed by atoms with Gasteiger partial charge >= 0.3 is 0 Å². The van der Waals surface area contributed by atoms with Crippen molar-refractivity contribution >= 4 is 17.5 Å². The lowest BCUT2D eigenvalue weighted by molar-refractivity contribution is 0.0697. The van der Waals surface area contributed by atoms with Crippen molar-refractivity contribution < 1.29 is 9.90 Å². The Morgan fingerprint density at radius 3 is 3.06 bits per heavy atom. The number of aromatic hydroxyl groups is 1. The standard InChI is InChI=1S/C13H17ClN2O2/c14-8-10-4-2-1-3-7-16(10)13(18)11-5-6-15-9-12(11)17/h5-6,9-10,17H,1-4,7-8H2. The van der Waals surface area contributed by atoms with Crippen molar-refractivity contribution in [2.45, 2.75) is 31.7 Å². The Bertz CT molecular complexity index is 425. The highest BCUT2D eigenvalue weighted by Crippen LogP contribution is 2.23. The van der Waals surface area contributed by atoms with E-state index in [1.54, 1.807) is 11.0 Å². The molecule has 0 radical (unpaired) electrons. The normalized spacial score (nSPS) is 20.5. The summed E-state index contributed by atoms with van der Waals surface area (Å²) >= 11 is 5.95. The molecule has 98 valence electrons. The first-order valence-electron chi connectivity index (χ1n) is 6.24. The van der Waals surface area contributed by atoms with Crippen molar-refractivity contribution in [3.8, 4) is 5.75 Å². The third-order valence-electron chi connectivity index (χ3n) is 3.35. The van der Waals surface area contributed by atoms with E-state index in [0.717, 1.165) is 25.7 Å². The number of hydrogen-bond acceptors (Lipinski definition) is 3. The summed E-state index contributed by atoms with van der Waals surface area (Å²) in [6.07, 6.45) is 6.95. The van der Waals surface area contributed by atoms with Gasteiger partial charge in [-0.05, 0) is 18.9 Å². The number of aromatic nitrogens is 1. The molecule has 18 heavy (non-hydrogen) atoms. The van der Waals surface area contributed by atoms with Crippen LogP contribution in [0.5, 0.6) is 5.75 Å². The van der Waals surface area contributed by atoms with Crippen molar-refractivity contribution in [2.24, 2.45) is 0 Å². The molecule has 4 nitrogen and oxygen atoms in total. The molecule has 1 aliphatic rings. The molecule has 2 heterocycles. The average molecular weight is 269 g/mol. The Morgan fingerprint density at radius 2 is 2.33 bits per heavy atom. The van der Waals surface area contributed by atoms with Gasteiger partial charge in [-0.2, -0.15) is 0 Å². The number of nitrogens with zero attached hydrogens (tertiary/aromatic N) is 2. The van der Waals surface area contributed by atoms with Crippen molar-refractivity contribution in [1.29, 1.82) is 0 Å². The summed E-state index contributed by atoms with van der Waals surface area (Å²) in [5.41, 5.74) is 0.307. The second-order valence-corrected chi connectivity index (χ2v) is 4.86. The average Bonchev–Trinajstić information content (AvgIpc) is 2.63. The lowest BCUT2D eigenvalue weighted by Gasteiger charge is -2.28. The van der Waals surface area contributed by atoms with Crippen LogP contribution >= 0.6 is 11.6 Å². The molecule has 2 rings (SSSR count). The molecular weight excluding hydrogens is 252 g/mol. The first-order valence-corrected chi connectivity index (χ1v) is 6.77. The van der Waals surface area contributed by atoms with Crippen LogP contribution in [0.15, 0.2) is 18.5 Å². The van der Waals surface area contributed by atoms with Gasteiger partial charge in [0.1, 0.15) is 5.75 Å². The summed E-state index contributed by atoms with van der Waals surface area (Å²) in [5, 5.41) is 9.70. The summed E-state index contributed by atoms with van der Waals surface area (Å²) in [6.45, 7) is 0.706. The lowest BCUT2D eigenvalue weighted by atomic mass is 10.1. The van der Waals surface area contributed by atoms with Crippen LogP contribution in [0.2, 0.25) is 0 Å². The van der Waals surface area contributed by atoms with Gasteiger partial charge in [0.25, 0.3) is 5.91 Å². The van der Waals surface area contributed by atoms with Gasteiger partial charge in [0.2, 0.25) is 0 Å². The molecule has 0 saturated carbocycles. The number of amides is 1. The van der Waals surface area contributed by atoms with Crippen LogP contribution in [0, 0.1) is 0 Å². The third-order valence-corrected chi connectivity index (χ3v) is 3.70. The minimum Gasteiger partial charge on any atom is -0.505 e. The Morgan fingerprint density at radius 1 is 1.50 bits per heavy atom. The maximum atomic E-state index is 12.4. The van der Waals surface area contributed by atoms with E-state index >= 15 is 0 Å². The smallest absolute Gasteiger partial charge is 0.258 e. The third kappa shape index (κ3) is 2.75. The predicted octanol–water partition coefficient (Wildman–Crippen LogP) is 2.41. The molecule has 0 bridgehead atoms. The minimum absolute atomic E-state index is 0.0641. The molecule has 0 aromatic carbocycles. The van der Waals surface area contributed by atoms with Crippen molar-refractivity contribution in [3.05, 3.63) is 24.0 Å². The molecular formula is C13H17ClN2O2. The van der Waals surface area contributed by atoms with Crippen LogP contribution in [0.25, 0.3) is 0 Å². The fraction of sp³-hybridized carbons (Fsp3) is 0.538. The van der Waals surface area contributed by atoms with Gasteiger partial charge in [0.05, 0.1) is 11.8 Å². The summed E-state index contributed by atoms with van der Waals surface area (Å²) in [6, 6.07) is 1.61. The number of carbonyl (C=O) groups is 1. The molecule has 1 fully saturated rings. The predicted molar refractivity (Wildman–Crippen MR) is 69.9 cm³/mol. The van der Waals surface area contributed by atoms with E-state index in [9.17, 15) is 9.90 Å². The summed E-state index contributed by atoms with van der Waals surface area (Å²) in [4.78, 5) is 18.0. The maximum absolute atomic E-state index is 12.4. The summed E-state index contributed by atoms with van der Waals surface area (Å²) in [7, 11) is 0. The second kappa shape index (κ2) is 6.05. The molecule has 1 saturated heterocycles. The number of alkyl halides is 1. The molecule has 0 aliphatic carbocycles. The molecule has 1 amide bonds. The number of likely N-dealkylation sites (tertiary alicyclic amines) is 1. The zero-order chi connectivity index (χ0) is 13.0. The molecule has 1 aromatic heterocycles. The van der Waals surface area contributed by atoms with Gasteiger partial charge in [0.15, 0.2) is 0 Å². The van der Waals surface area contributed by atoms with E-state index in [4.69, 9.17) is 11.6 Å². The molecule has 1 N–H and O–H groups in total. The summed E-state index contributed by atoms with van der Waals surface area (Å²) < 4.78 is 0. The van der Waals surface area contributed by atoms with Gasteiger partial charge < -0.3 is 10.0 Å². The zero-order valence-corrected chi connectivity index (χ0v) is 10.9. The highest BCUT2D eigenvalue weighted by molar-refractivity contribution is 6.18. The maximum Gasteiger partial charge on any atom is 0.258 e. The number of pyridine rings is 1. The van der Waals surface area contributed by atoms with Gasteiger partial charge in [0, 0.05) is 24.7 Å². The minimum atomic E-state index is -0.151. The molecule has 5 heteroatoms. The van der Waals surface area contributed by atoms with Crippen LogP contribution in [0.3, 0.4) is 0 Å². The van der Waals surface area contributed by atoms with Gasteiger partial charge in [-0.1, -0.05) is 12.8 Å². The largest absolute Gasteiger partial charge is 0.505 e. The Labute approximate surface area is 112 Å². The number of hydrogen-bond donors (Lipinski definition) is 1. The van der Waals surface area contributed by atoms with E-state index in [0.29, 0.717) is 18.0 Å². The number of halogens is 1. The Kier molecular flexibility index (Phi) is 4.42. The fourth-order valence-electron chi connectivity index (χ4n) is 2.33. The number of rotatable bonds is 2. The molecule has 1 atom stereocenters. The first kappa shape index (κ1) is 13.1. The highest BCUT2D eigenvalue weighted by Gasteiger charge is 2.26. The molecule has 1 aliphatic heterocycles. The van der Waals surface area contributed by atoms with Gasteiger partial charge in [-0.3, -0.25) is 9.78 Å². The van der Waals surface area contributed by atoms with Gasteiger partial charge in [-0.15, -0.1) is 11.6 Å². The van der Waals surface area contributed by atoms with E-state index < -0.39 is 0 Å². The Hall–Kier alpha value is -1.29. The van der Waals surface area contributed by atoms with Crippen LogP contribution in [0.4, 0.5) is 0 Å². The van der Waals surface area contributed by atoms with Crippen LogP contribution in [-0.2, 0) is 0 Å². The quantitative estimate of drug-likeness (QED) is 0.838. The SMILES string of the molecule is O=C(c1ccncc1O)N1CCCCCC1CCl. The van der Waals surface area contributed by atoms with Crippen LogP contribution in [0.1, 0.15) is 36.0 Å². The summed E-state index contributed by atoms with van der Waals surface area (Å²) in [5.74, 6) is 0.222. The second-order valence-electron chi connectivity index (χ2n) is 4.55. The van der Waals surface area contributed by atoms with Crippen molar-refractivity contribution in [1.82, 2.24) is 9.88 Å². The van der Waals surface area contributed by atoms with E-state index in [1.165, 1.54) is 12.4 Å². The zero-order valence-electron chi connectivity index (χ0n) is 10.2. The molecule has 0 spiro atoms. The highest BCUT2D eigenvalue weighted by atomic mass is 35.5. The van der Waals surface area contributed by atoms with Crippen molar-refractivity contribution in [3.63, 3.8) is 0 Å². The van der Waals surface area contributed by atoms with Crippen LogP contribution in [-0.4, -0.2) is 39.4 Å². The topological polar surface area (TPSA) is 53.4 Å². The van der Waals surface area contributed by atoms with E-state index in [2.05, 4.69) is 4.98 Å². The van der Waals surface area contributed by atoms with Gasteiger partial charge in [-0.25, -0.2) is 0 Å². The number of carbonyl (C=O) groups excluding carboxylic acids is 1. The van der Waals surface area contributed by atoms with Crippen LogP contribution < -0.4 is 0 Å². The Balaban J connectivity index is 2.23. The molecule has 1 aromatic rings.